The Morgan fingerprint density at radius 3 is 2.45 bits per heavy atom. The number of para-hydroxylation sites is 2. The zero-order chi connectivity index (χ0) is 26.2. The second kappa shape index (κ2) is 9.63. The Bertz CT molecular complexity index is 1520. The van der Waals surface area contributed by atoms with Gasteiger partial charge in [-0.25, -0.2) is 0 Å². The van der Waals surface area contributed by atoms with E-state index in [4.69, 9.17) is 18.9 Å². The van der Waals surface area contributed by atoms with Gasteiger partial charge in [0.15, 0.2) is 28.8 Å². The van der Waals surface area contributed by atoms with E-state index < -0.39 is 6.10 Å². The van der Waals surface area contributed by atoms with Crippen LogP contribution in [0, 0.1) is 0 Å². The lowest BCUT2D eigenvalue weighted by Gasteiger charge is -2.25. The summed E-state index contributed by atoms with van der Waals surface area (Å²) in [5.74, 6) is 1.81. The van der Waals surface area contributed by atoms with E-state index in [0.717, 1.165) is 16.9 Å². The molecule has 0 radical (unpaired) electrons. The highest BCUT2D eigenvalue weighted by atomic mass is 16.6. The summed E-state index contributed by atoms with van der Waals surface area (Å²) in [5.41, 5.74) is 3.94. The van der Waals surface area contributed by atoms with E-state index >= 15 is 0 Å². The molecule has 38 heavy (non-hydrogen) atoms. The Labute approximate surface area is 219 Å². The first-order valence-electron chi connectivity index (χ1n) is 12.3. The van der Waals surface area contributed by atoms with Crippen molar-refractivity contribution in [2.45, 2.75) is 18.4 Å². The van der Waals surface area contributed by atoms with E-state index in [9.17, 15) is 9.59 Å². The monoisotopic (exact) mass is 510 g/mol. The number of hydrogen-bond acceptors (Lipinski definition) is 6. The van der Waals surface area contributed by atoms with Gasteiger partial charge in [0, 0.05) is 41.5 Å². The third-order valence-electron chi connectivity index (χ3n) is 6.97. The quantitative estimate of drug-likeness (QED) is 0.407. The predicted molar refractivity (Wildman–Crippen MR) is 141 cm³/mol. The zero-order valence-electron chi connectivity index (χ0n) is 21.0. The van der Waals surface area contributed by atoms with Crippen molar-refractivity contribution < 1.29 is 28.5 Å². The number of fused-ring (bicyclic) bond motifs is 4. The van der Waals surface area contributed by atoms with Crippen LogP contribution in [0.3, 0.4) is 0 Å². The minimum atomic E-state index is -0.750. The second-order valence-corrected chi connectivity index (χ2v) is 9.18. The highest BCUT2D eigenvalue weighted by Crippen LogP contribution is 2.40. The summed E-state index contributed by atoms with van der Waals surface area (Å²) in [5, 5.41) is 2.90. The van der Waals surface area contributed by atoms with Gasteiger partial charge in [-0.3, -0.25) is 9.59 Å². The lowest BCUT2D eigenvalue weighted by Crippen LogP contribution is -2.40. The Balaban J connectivity index is 1.24. The molecule has 2 aliphatic rings. The van der Waals surface area contributed by atoms with Crippen LogP contribution in [0.25, 0.3) is 5.69 Å². The summed E-state index contributed by atoms with van der Waals surface area (Å²) < 4.78 is 24.4. The van der Waals surface area contributed by atoms with Gasteiger partial charge in [-0.2, -0.15) is 0 Å². The summed E-state index contributed by atoms with van der Waals surface area (Å²) in [4.78, 5) is 26.2. The molecule has 4 aromatic rings. The van der Waals surface area contributed by atoms with Crippen molar-refractivity contribution >= 4 is 17.4 Å². The van der Waals surface area contributed by atoms with Crippen LogP contribution in [0.5, 0.6) is 23.0 Å². The first-order valence-corrected chi connectivity index (χ1v) is 12.3. The molecule has 8 heteroatoms. The lowest BCUT2D eigenvalue weighted by atomic mass is 9.90. The Morgan fingerprint density at radius 2 is 1.68 bits per heavy atom. The minimum Gasteiger partial charge on any atom is -0.493 e. The predicted octanol–water partition coefficient (Wildman–Crippen LogP) is 4.99. The van der Waals surface area contributed by atoms with Gasteiger partial charge < -0.3 is 28.8 Å². The number of methoxy groups -OCH3 is 2. The third kappa shape index (κ3) is 4.14. The standard InChI is InChI=1S/C30H26N2O6/c1-35-27-15-21-23(16-28(27)36-2)32-13-5-6-22(32)20(14-24(21)33)18-9-11-19(12-10-18)31-30(34)29-17-37-25-7-3-4-8-26(25)38-29/h3-13,15-16,20,29H,14,17H2,1-2H3,(H,31,34)/t20-,29+/m1/s1. The van der Waals surface area contributed by atoms with Crippen molar-refractivity contribution in [1.29, 1.82) is 0 Å². The maximum absolute atomic E-state index is 13.4. The maximum atomic E-state index is 13.4. The van der Waals surface area contributed by atoms with Gasteiger partial charge in [-0.05, 0) is 48.0 Å². The third-order valence-corrected chi connectivity index (χ3v) is 6.97. The van der Waals surface area contributed by atoms with E-state index in [1.54, 1.807) is 26.4 Å². The van der Waals surface area contributed by atoms with Crippen molar-refractivity contribution in [2.75, 3.05) is 26.1 Å². The van der Waals surface area contributed by atoms with Gasteiger partial charge in [0.1, 0.15) is 6.61 Å². The van der Waals surface area contributed by atoms with Crippen LogP contribution in [0.1, 0.15) is 34.0 Å². The number of anilines is 1. The van der Waals surface area contributed by atoms with Gasteiger partial charge >= 0.3 is 0 Å². The number of rotatable bonds is 5. The molecular weight excluding hydrogens is 484 g/mol. The van der Waals surface area contributed by atoms with Crippen molar-refractivity contribution in [1.82, 2.24) is 4.57 Å². The molecule has 2 atom stereocenters. The number of amides is 1. The molecule has 6 rings (SSSR count). The molecule has 192 valence electrons. The second-order valence-electron chi connectivity index (χ2n) is 9.18. The molecule has 3 aromatic carbocycles. The van der Waals surface area contributed by atoms with Gasteiger partial charge in [0.2, 0.25) is 6.10 Å². The molecule has 0 unspecified atom stereocenters. The van der Waals surface area contributed by atoms with Crippen LogP contribution >= 0.6 is 0 Å². The fourth-order valence-corrected chi connectivity index (χ4v) is 5.05. The summed E-state index contributed by atoms with van der Waals surface area (Å²) in [6, 6.07) is 22.4. The summed E-state index contributed by atoms with van der Waals surface area (Å²) >= 11 is 0. The number of benzene rings is 3. The molecule has 0 fully saturated rings. The fraction of sp³-hybridized carbons (Fsp3) is 0.200. The number of carbonyl (C=O) groups is 2. The van der Waals surface area contributed by atoms with Crippen LogP contribution in [-0.4, -0.2) is 43.2 Å². The topological polar surface area (TPSA) is 88.0 Å². The van der Waals surface area contributed by atoms with Crippen molar-refractivity contribution in [3.63, 3.8) is 0 Å². The normalized spacial score (nSPS) is 17.6. The maximum Gasteiger partial charge on any atom is 0.269 e. The highest BCUT2D eigenvalue weighted by molar-refractivity contribution is 6.01. The number of aromatic nitrogens is 1. The number of Topliss-reactive ketones (excluding diaryl/α,β-unsaturated/α-hetero) is 1. The van der Waals surface area contributed by atoms with E-state index in [1.165, 1.54) is 0 Å². The molecule has 1 N–H and O–H groups in total. The SMILES string of the molecule is COc1cc2c(cc1OC)-n1cccc1[C@@H](c1ccc(NC(=O)[C@@H]3COc4ccccc4O3)cc1)CC2=O. The van der Waals surface area contributed by atoms with Crippen molar-refractivity contribution in [3.8, 4) is 28.7 Å². The van der Waals surface area contributed by atoms with E-state index in [-0.39, 0.29) is 24.2 Å². The molecular formula is C30H26N2O6. The number of ketones is 1. The number of carbonyl (C=O) groups excluding carboxylic acids is 2. The number of ether oxygens (including phenoxy) is 4. The van der Waals surface area contributed by atoms with Crippen molar-refractivity contribution in [3.05, 3.63) is 95.8 Å². The number of nitrogens with zero attached hydrogens (tertiary/aromatic N) is 1. The van der Waals surface area contributed by atoms with E-state index in [2.05, 4.69) is 5.32 Å². The van der Waals surface area contributed by atoms with E-state index in [1.807, 2.05) is 71.4 Å². The smallest absolute Gasteiger partial charge is 0.269 e. The average molecular weight is 511 g/mol. The van der Waals surface area contributed by atoms with Gasteiger partial charge in [-0.1, -0.05) is 24.3 Å². The fourth-order valence-electron chi connectivity index (χ4n) is 5.05. The molecule has 2 aliphatic heterocycles. The van der Waals surface area contributed by atoms with Crippen LogP contribution in [0.4, 0.5) is 5.69 Å². The molecule has 1 amide bonds. The van der Waals surface area contributed by atoms with Crippen LogP contribution in [-0.2, 0) is 4.79 Å². The molecule has 0 saturated carbocycles. The Morgan fingerprint density at radius 1 is 0.947 bits per heavy atom. The molecule has 0 spiro atoms. The molecule has 3 heterocycles. The van der Waals surface area contributed by atoms with Gasteiger partial charge in [-0.15, -0.1) is 0 Å². The molecule has 0 bridgehead atoms. The summed E-state index contributed by atoms with van der Waals surface area (Å²) in [7, 11) is 3.14. The van der Waals surface area contributed by atoms with Crippen LogP contribution < -0.4 is 24.3 Å². The van der Waals surface area contributed by atoms with Crippen LogP contribution in [0.2, 0.25) is 0 Å². The Kier molecular flexibility index (Phi) is 5.99. The first kappa shape index (κ1) is 23.7. The highest BCUT2D eigenvalue weighted by Gasteiger charge is 2.30. The summed E-state index contributed by atoms with van der Waals surface area (Å²) in [6.45, 7) is 0.137. The van der Waals surface area contributed by atoms with Gasteiger partial charge in [0.25, 0.3) is 5.91 Å². The molecule has 0 saturated heterocycles. The zero-order valence-corrected chi connectivity index (χ0v) is 21.0. The van der Waals surface area contributed by atoms with Crippen molar-refractivity contribution in [2.24, 2.45) is 0 Å². The average Bonchev–Trinajstić information content (AvgIpc) is 3.41. The van der Waals surface area contributed by atoms with Gasteiger partial charge in [0.05, 0.1) is 19.9 Å². The molecule has 8 nitrogen and oxygen atoms in total. The van der Waals surface area contributed by atoms with E-state index in [0.29, 0.717) is 40.7 Å². The van der Waals surface area contributed by atoms with Crippen LogP contribution in [0.15, 0.2) is 79.0 Å². The number of nitrogens with one attached hydrogen (secondary N) is 1. The largest absolute Gasteiger partial charge is 0.493 e. The minimum absolute atomic E-state index is 0.0155. The first-order chi connectivity index (χ1) is 18.6. The lowest BCUT2D eigenvalue weighted by molar-refractivity contribution is -0.125. The molecule has 0 aliphatic carbocycles. The summed E-state index contributed by atoms with van der Waals surface area (Å²) in [6.07, 6.45) is 1.50. The number of hydrogen-bond donors (Lipinski definition) is 1. The Hall–Kier alpha value is -4.72. The molecule has 1 aromatic heterocycles.